The van der Waals surface area contributed by atoms with E-state index in [9.17, 15) is 19.5 Å². The van der Waals surface area contributed by atoms with E-state index < -0.39 is 29.4 Å². The van der Waals surface area contributed by atoms with Crippen LogP contribution in [0.3, 0.4) is 0 Å². The van der Waals surface area contributed by atoms with E-state index in [0.29, 0.717) is 16.4 Å². The van der Waals surface area contributed by atoms with Gasteiger partial charge in [0.25, 0.3) is 0 Å². The number of carbonyl (C=O) groups excluding carboxylic acids is 2. The first kappa shape index (κ1) is 21.6. The standard InChI is InChI=1S/C17H24N2O6S/c1-8-9-10-11(13(20)21)26-18-12(10)19(14(22)24-16(2,3)4)15(23)25-17(5,6)7/h8H,1,9H2,2-7H3,(H,20,21). The van der Waals surface area contributed by atoms with Crippen molar-refractivity contribution in [3.63, 3.8) is 0 Å². The molecule has 2 amide bonds. The van der Waals surface area contributed by atoms with Crippen molar-refractivity contribution in [1.29, 1.82) is 0 Å². The zero-order valence-corrected chi connectivity index (χ0v) is 16.6. The molecule has 0 unspecified atom stereocenters. The zero-order chi connectivity index (χ0) is 20.3. The summed E-state index contributed by atoms with van der Waals surface area (Å²) >= 11 is 0.669. The molecule has 0 radical (unpaired) electrons. The minimum Gasteiger partial charge on any atom is -0.477 e. The van der Waals surface area contributed by atoms with Gasteiger partial charge in [0, 0.05) is 5.56 Å². The summed E-state index contributed by atoms with van der Waals surface area (Å²) in [5, 5.41) is 9.32. The topological polar surface area (TPSA) is 106 Å². The molecule has 1 aromatic heterocycles. The van der Waals surface area contributed by atoms with Gasteiger partial charge in [0.15, 0.2) is 5.82 Å². The van der Waals surface area contributed by atoms with Crippen LogP contribution in [0.1, 0.15) is 56.8 Å². The van der Waals surface area contributed by atoms with Crippen molar-refractivity contribution in [2.24, 2.45) is 0 Å². The molecule has 26 heavy (non-hydrogen) atoms. The molecule has 9 heteroatoms. The lowest BCUT2D eigenvalue weighted by Crippen LogP contribution is -2.44. The number of aromatic carboxylic acids is 1. The van der Waals surface area contributed by atoms with E-state index >= 15 is 0 Å². The minimum atomic E-state index is -1.21. The number of allylic oxidation sites excluding steroid dienone is 1. The van der Waals surface area contributed by atoms with E-state index in [1.165, 1.54) is 6.08 Å². The van der Waals surface area contributed by atoms with Crippen LogP contribution in [-0.2, 0) is 15.9 Å². The smallest absolute Gasteiger partial charge is 0.425 e. The Morgan fingerprint density at radius 1 is 1.12 bits per heavy atom. The summed E-state index contributed by atoms with van der Waals surface area (Å²) in [5.41, 5.74) is -1.56. The van der Waals surface area contributed by atoms with E-state index in [1.807, 2.05) is 0 Å². The lowest BCUT2D eigenvalue weighted by atomic mass is 10.1. The summed E-state index contributed by atoms with van der Waals surface area (Å²) in [6, 6.07) is 0. The molecule has 0 aliphatic heterocycles. The summed E-state index contributed by atoms with van der Waals surface area (Å²) < 4.78 is 14.5. The second kappa shape index (κ2) is 7.86. The van der Waals surface area contributed by atoms with E-state index in [4.69, 9.17) is 9.47 Å². The Hall–Kier alpha value is -2.42. The summed E-state index contributed by atoms with van der Waals surface area (Å²) in [5.74, 6) is -1.34. The van der Waals surface area contributed by atoms with Gasteiger partial charge >= 0.3 is 18.2 Å². The van der Waals surface area contributed by atoms with E-state index in [1.54, 1.807) is 41.5 Å². The Morgan fingerprint density at radius 3 is 1.92 bits per heavy atom. The molecule has 1 N–H and O–H groups in total. The van der Waals surface area contributed by atoms with Crippen molar-refractivity contribution in [3.8, 4) is 0 Å². The number of imide groups is 1. The van der Waals surface area contributed by atoms with Gasteiger partial charge in [0.2, 0.25) is 0 Å². The third-order valence-corrected chi connectivity index (χ3v) is 3.54. The second-order valence-corrected chi connectivity index (χ2v) is 8.18. The number of hydrogen-bond donors (Lipinski definition) is 1. The lowest BCUT2D eigenvalue weighted by molar-refractivity contribution is 0.0427. The van der Waals surface area contributed by atoms with E-state index in [-0.39, 0.29) is 22.7 Å². The number of ether oxygens (including phenoxy) is 2. The summed E-state index contributed by atoms with van der Waals surface area (Å²) in [7, 11) is 0. The molecule has 0 aliphatic carbocycles. The molecule has 144 valence electrons. The number of amides is 2. The largest absolute Gasteiger partial charge is 0.477 e. The molecule has 0 saturated heterocycles. The Balaban J connectivity index is 3.45. The highest BCUT2D eigenvalue weighted by molar-refractivity contribution is 7.08. The summed E-state index contributed by atoms with van der Waals surface area (Å²) in [6.07, 6.45) is -0.434. The third kappa shape index (κ3) is 5.83. The highest BCUT2D eigenvalue weighted by Gasteiger charge is 2.37. The quantitative estimate of drug-likeness (QED) is 0.774. The Labute approximate surface area is 156 Å². The average Bonchev–Trinajstić information content (AvgIpc) is 2.79. The highest BCUT2D eigenvalue weighted by atomic mass is 32.1. The Morgan fingerprint density at radius 2 is 1.58 bits per heavy atom. The van der Waals surface area contributed by atoms with Crippen molar-refractivity contribution in [2.75, 3.05) is 4.90 Å². The molecule has 1 heterocycles. The Kier molecular flexibility index (Phi) is 6.54. The SMILES string of the molecule is C=CCc1c(N(C(=O)OC(C)(C)C)C(=O)OC(C)(C)C)nsc1C(=O)O. The number of nitrogens with zero attached hydrogens (tertiary/aromatic N) is 2. The molecular formula is C17H24N2O6S. The van der Waals surface area contributed by atoms with Crippen LogP contribution in [0.5, 0.6) is 0 Å². The first-order chi connectivity index (χ1) is 11.8. The molecular weight excluding hydrogens is 360 g/mol. The van der Waals surface area contributed by atoms with Crippen LogP contribution in [0.4, 0.5) is 15.4 Å². The van der Waals surface area contributed by atoms with Crippen LogP contribution >= 0.6 is 11.5 Å². The second-order valence-electron chi connectivity index (χ2n) is 7.41. The number of carboxylic acid groups (broad SMARTS) is 1. The van der Waals surface area contributed by atoms with Gasteiger partial charge in [0.05, 0.1) is 0 Å². The summed E-state index contributed by atoms with van der Waals surface area (Å²) in [6.45, 7) is 13.5. The number of carboxylic acids is 1. The van der Waals surface area contributed by atoms with Gasteiger partial charge in [-0.05, 0) is 59.5 Å². The molecule has 0 fully saturated rings. The molecule has 0 bridgehead atoms. The first-order valence-electron chi connectivity index (χ1n) is 7.85. The molecule has 0 spiro atoms. The fourth-order valence-corrected chi connectivity index (χ4v) is 2.57. The van der Waals surface area contributed by atoms with Crippen molar-refractivity contribution in [3.05, 3.63) is 23.1 Å². The third-order valence-electron chi connectivity index (χ3n) is 2.67. The van der Waals surface area contributed by atoms with Gasteiger partial charge in [-0.2, -0.15) is 9.27 Å². The normalized spacial score (nSPS) is 11.6. The number of anilines is 1. The maximum atomic E-state index is 12.6. The monoisotopic (exact) mass is 384 g/mol. The first-order valence-corrected chi connectivity index (χ1v) is 8.63. The van der Waals surface area contributed by atoms with Crippen LogP contribution in [0, 0.1) is 0 Å². The van der Waals surface area contributed by atoms with Crippen LogP contribution in [0.25, 0.3) is 0 Å². The van der Waals surface area contributed by atoms with Gasteiger partial charge in [0.1, 0.15) is 16.1 Å². The fourth-order valence-electron chi connectivity index (χ4n) is 1.84. The predicted octanol–water partition coefficient (Wildman–Crippen LogP) is 4.25. The fraction of sp³-hybridized carbons (Fsp3) is 0.529. The van der Waals surface area contributed by atoms with Gasteiger partial charge in [-0.1, -0.05) is 6.08 Å². The van der Waals surface area contributed by atoms with Crippen molar-refractivity contribution >= 4 is 35.5 Å². The number of hydrogen-bond acceptors (Lipinski definition) is 7. The lowest BCUT2D eigenvalue weighted by Gasteiger charge is -2.28. The van der Waals surface area contributed by atoms with Crippen LogP contribution < -0.4 is 4.90 Å². The van der Waals surface area contributed by atoms with Crippen molar-refractivity contribution in [1.82, 2.24) is 4.37 Å². The molecule has 1 aromatic rings. The molecule has 0 atom stereocenters. The molecule has 8 nitrogen and oxygen atoms in total. The van der Waals surface area contributed by atoms with Crippen molar-refractivity contribution < 1.29 is 29.0 Å². The van der Waals surface area contributed by atoms with Crippen molar-refractivity contribution in [2.45, 2.75) is 59.2 Å². The highest BCUT2D eigenvalue weighted by Crippen LogP contribution is 2.30. The summed E-state index contributed by atoms with van der Waals surface area (Å²) in [4.78, 5) is 37.2. The van der Waals surface area contributed by atoms with Gasteiger partial charge < -0.3 is 14.6 Å². The number of rotatable bonds is 4. The molecule has 0 saturated carbocycles. The van der Waals surface area contributed by atoms with E-state index in [2.05, 4.69) is 11.0 Å². The van der Waals surface area contributed by atoms with Crippen LogP contribution in [0.15, 0.2) is 12.7 Å². The Bertz CT molecular complexity index is 684. The van der Waals surface area contributed by atoms with Gasteiger partial charge in [-0.15, -0.1) is 6.58 Å². The number of carbonyl (C=O) groups is 3. The minimum absolute atomic E-state index is 0.0861. The van der Waals surface area contributed by atoms with E-state index in [0.717, 1.165) is 0 Å². The molecule has 0 aromatic carbocycles. The maximum absolute atomic E-state index is 12.6. The van der Waals surface area contributed by atoms with Crippen LogP contribution in [0.2, 0.25) is 0 Å². The number of aromatic nitrogens is 1. The predicted molar refractivity (Wildman–Crippen MR) is 97.9 cm³/mol. The molecule has 0 aliphatic rings. The average molecular weight is 384 g/mol. The maximum Gasteiger partial charge on any atom is 0.425 e. The van der Waals surface area contributed by atoms with Crippen LogP contribution in [-0.4, -0.2) is 38.8 Å². The molecule has 1 rings (SSSR count). The van der Waals surface area contributed by atoms with Gasteiger partial charge in [-0.3, -0.25) is 0 Å². The van der Waals surface area contributed by atoms with Gasteiger partial charge in [-0.25, -0.2) is 14.4 Å². The zero-order valence-electron chi connectivity index (χ0n) is 15.8.